The van der Waals surface area contributed by atoms with Gasteiger partial charge in [0.2, 0.25) is 0 Å². The molecule has 108 valence electrons. The number of likely N-dealkylation sites (N-methyl/N-ethyl adjacent to an activating group) is 1. The lowest BCUT2D eigenvalue weighted by molar-refractivity contribution is 0.585. The molecule has 0 aliphatic heterocycles. The maximum Gasteiger partial charge on any atom is 0.137 e. The Morgan fingerprint density at radius 3 is 2.81 bits per heavy atom. The predicted molar refractivity (Wildman–Crippen MR) is 89.2 cm³/mol. The second kappa shape index (κ2) is 6.22. The highest BCUT2D eigenvalue weighted by Gasteiger charge is 2.15. The SMILES string of the molecule is CNC(Cc1ccc(F)c(Br)c1)c1nc2ccccc2s1. The normalized spacial score (nSPS) is 12.7. The zero-order valence-electron chi connectivity index (χ0n) is 11.4. The summed E-state index contributed by atoms with van der Waals surface area (Å²) in [5.74, 6) is -0.236. The van der Waals surface area contributed by atoms with Gasteiger partial charge < -0.3 is 5.32 Å². The fraction of sp³-hybridized carbons (Fsp3) is 0.188. The summed E-state index contributed by atoms with van der Waals surface area (Å²) in [4.78, 5) is 4.69. The van der Waals surface area contributed by atoms with Crippen molar-refractivity contribution in [3.8, 4) is 0 Å². The number of nitrogens with one attached hydrogen (secondary N) is 1. The summed E-state index contributed by atoms with van der Waals surface area (Å²) in [6.07, 6.45) is 0.773. The van der Waals surface area contributed by atoms with Crippen LogP contribution in [0.5, 0.6) is 0 Å². The van der Waals surface area contributed by atoms with Crippen LogP contribution in [0.3, 0.4) is 0 Å². The predicted octanol–water partition coefficient (Wildman–Crippen LogP) is 4.70. The number of fused-ring (bicyclic) bond motifs is 1. The van der Waals surface area contributed by atoms with E-state index in [1.807, 2.05) is 37.4 Å². The minimum absolute atomic E-state index is 0.125. The van der Waals surface area contributed by atoms with Gasteiger partial charge in [-0.25, -0.2) is 9.37 Å². The molecule has 0 fully saturated rings. The second-order valence-electron chi connectivity index (χ2n) is 4.81. The monoisotopic (exact) mass is 364 g/mol. The molecule has 1 aromatic heterocycles. The highest BCUT2D eigenvalue weighted by atomic mass is 79.9. The van der Waals surface area contributed by atoms with E-state index in [0.29, 0.717) is 4.47 Å². The Balaban J connectivity index is 1.88. The maximum absolute atomic E-state index is 13.3. The highest BCUT2D eigenvalue weighted by Crippen LogP contribution is 2.28. The Morgan fingerprint density at radius 2 is 2.10 bits per heavy atom. The molecule has 5 heteroatoms. The number of halogens is 2. The lowest BCUT2D eigenvalue weighted by Gasteiger charge is -2.13. The van der Waals surface area contributed by atoms with Gasteiger partial charge in [-0.05, 0) is 59.2 Å². The molecule has 2 nitrogen and oxygen atoms in total. The molecular weight excluding hydrogens is 351 g/mol. The van der Waals surface area contributed by atoms with Gasteiger partial charge in [0.05, 0.1) is 20.7 Å². The van der Waals surface area contributed by atoms with Crippen molar-refractivity contribution in [3.63, 3.8) is 0 Å². The van der Waals surface area contributed by atoms with Crippen molar-refractivity contribution in [2.24, 2.45) is 0 Å². The van der Waals surface area contributed by atoms with Crippen LogP contribution in [0, 0.1) is 5.82 Å². The largest absolute Gasteiger partial charge is 0.311 e. The van der Waals surface area contributed by atoms with Crippen LogP contribution in [0.1, 0.15) is 16.6 Å². The molecule has 0 saturated heterocycles. The molecule has 0 saturated carbocycles. The van der Waals surface area contributed by atoms with Gasteiger partial charge in [-0.1, -0.05) is 18.2 Å². The summed E-state index contributed by atoms with van der Waals surface area (Å²) in [5, 5.41) is 4.36. The van der Waals surface area contributed by atoms with Crippen LogP contribution in [0.25, 0.3) is 10.2 Å². The zero-order valence-corrected chi connectivity index (χ0v) is 13.8. The van der Waals surface area contributed by atoms with Gasteiger partial charge in [0.15, 0.2) is 0 Å². The minimum atomic E-state index is -0.236. The molecule has 1 heterocycles. The van der Waals surface area contributed by atoms with Gasteiger partial charge in [-0.3, -0.25) is 0 Å². The average molecular weight is 365 g/mol. The third kappa shape index (κ3) is 3.15. The van der Waals surface area contributed by atoms with Gasteiger partial charge in [0.1, 0.15) is 10.8 Å². The summed E-state index contributed by atoms with van der Waals surface area (Å²) < 4.78 is 15.0. The summed E-state index contributed by atoms with van der Waals surface area (Å²) in [6, 6.07) is 13.4. The fourth-order valence-corrected chi connectivity index (χ4v) is 3.76. The number of hydrogen-bond donors (Lipinski definition) is 1. The molecule has 2 aromatic carbocycles. The number of nitrogens with zero attached hydrogens (tertiary/aromatic N) is 1. The van der Waals surface area contributed by atoms with E-state index in [1.54, 1.807) is 11.3 Å². The van der Waals surface area contributed by atoms with Gasteiger partial charge in [0.25, 0.3) is 0 Å². The standard InChI is InChI=1S/C16H14BrFN2S/c1-19-14(9-10-6-7-12(18)11(17)8-10)16-20-13-4-2-3-5-15(13)21-16/h2-8,14,19H,9H2,1H3. The molecule has 0 radical (unpaired) electrons. The lowest BCUT2D eigenvalue weighted by Crippen LogP contribution is -2.18. The summed E-state index contributed by atoms with van der Waals surface area (Å²) in [7, 11) is 1.93. The van der Waals surface area contributed by atoms with E-state index < -0.39 is 0 Å². The fourth-order valence-electron chi connectivity index (χ4n) is 2.25. The Morgan fingerprint density at radius 1 is 1.29 bits per heavy atom. The van der Waals surface area contributed by atoms with E-state index in [1.165, 1.54) is 10.8 Å². The summed E-state index contributed by atoms with van der Waals surface area (Å²) in [6.45, 7) is 0. The van der Waals surface area contributed by atoms with Crippen molar-refractivity contribution in [2.45, 2.75) is 12.5 Å². The highest BCUT2D eigenvalue weighted by molar-refractivity contribution is 9.10. The molecule has 3 rings (SSSR count). The van der Waals surface area contributed by atoms with Crippen molar-refractivity contribution >= 4 is 37.5 Å². The number of aromatic nitrogens is 1. The van der Waals surface area contributed by atoms with E-state index in [4.69, 9.17) is 4.98 Å². The third-order valence-electron chi connectivity index (χ3n) is 3.38. The number of hydrogen-bond acceptors (Lipinski definition) is 3. The van der Waals surface area contributed by atoms with Crippen molar-refractivity contribution in [3.05, 3.63) is 63.3 Å². The van der Waals surface area contributed by atoms with Crippen molar-refractivity contribution in [1.82, 2.24) is 10.3 Å². The number of rotatable bonds is 4. The molecule has 0 aliphatic rings. The molecule has 0 aliphatic carbocycles. The molecule has 0 spiro atoms. The summed E-state index contributed by atoms with van der Waals surface area (Å²) >= 11 is 4.93. The first-order valence-electron chi connectivity index (χ1n) is 6.64. The maximum atomic E-state index is 13.3. The number of benzene rings is 2. The molecule has 0 amide bonds. The molecular formula is C16H14BrFN2S. The first kappa shape index (κ1) is 14.6. The van der Waals surface area contributed by atoms with Crippen LogP contribution < -0.4 is 5.32 Å². The molecule has 1 unspecified atom stereocenters. The Kier molecular flexibility index (Phi) is 4.33. The van der Waals surface area contributed by atoms with E-state index in [2.05, 4.69) is 27.3 Å². The van der Waals surface area contributed by atoms with Crippen LogP contribution in [0.4, 0.5) is 4.39 Å². The first-order chi connectivity index (χ1) is 10.2. The van der Waals surface area contributed by atoms with Gasteiger partial charge in [-0.15, -0.1) is 11.3 Å². The number of thiazole rings is 1. The van der Waals surface area contributed by atoms with Crippen LogP contribution in [-0.4, -0.2) is 12.0 Å². The van der Waals surface area contributed by atoms with Crippen molar-refractivity contribution in [2.75, 3.05) is 7.05 Å². The molecule has 1 N–H and O–H groups in total. The smallest absolute Gasteiger partial charge is 0.137 e. The summed E-state index contributed by atoms with van der Waals surface area (Å²) in [5.41, 5.74) is 2.10. The molecule has 3 aromatic rings. The Bertz CT molecular complexity index is 739. The van der Waals surface area contributed by atoms with E-state index >= 15 is 0 Å². The average Bonchev–Trinajstić information content (AvgIpc) is 2.92. The molecule has 0 bridgehead atoms. The molecule has 21 heavy (non-hydrogen) atoms. The van der Waals surface area contributed by atoms with Crippen LogP contribution in [0.2, 0.25) is 0 Å². The minimum Gasteiger partial charge on any atom is -0.311 e. The number of para-hydroxylation sites is 1. The third-order valence-corrected chi connectivity index (χ3v) is 5.14. The Hall–Kier alpha value is -1.30. The zero-order chi connectivity index (χ0) is 14.8. The van der Waals surface area contributed by atoms with Crippen molar-refractivity contribution < 1.29 is 4.39 Å². The van der Waals surface area contributed by atoms with Gasteiger partial charge in [0, 0.05) is 0 Å². The van der Waals surface area contributed by atoms with E-state index in [-0.39, 0.29) is 11.9 Å². The quantitative estimate of drug-likeness (QED) is 0.725. The van der Waals surface area contributed by atoms with Crippen LogP contribution >= 0.6 is 27.3 Å². The van der Waals surface area contributed by atoms with Crippen LogP contribution in [0.15, 0.2) is 46.9 Å². The first-order valence-corrected chi connectivity index (χ1v) is 8.25. The van der Waals surface area contributed by atoms with Crippen LogP contribution in [-0.2, 0) is 6.42 Å². The molecule has 1 atom stereocenters. The van der Waals surface area contributed by atoms with E-state index in [0.717, 1.165) is 22.5 Å². The van der Waals surface area contributed by atoms with Gasteiger partial charge >= 0.3 is 0 Å². The van der Waals surface area contributed by atoms with Gasteiger partial charge in [-0.2, -0.15) is 0 Å². The topological polar surface area (TPSA) is 24.9 Å². The lowest BCUT2D eigenvalue weighted by atomic mass is 10.1. The van der Waals surface area contributed by atoms with Crippen molar-refractivity contribution in [1.29, 1.82) is 0 Å². The van der Waals surface area contributed by atoms with E-state index in [9.17, 15) is 4.39 Å². The second-order valence-corrected chi connectivity index (χ2v) is 6.73. The Labute approximate surface area is 135 Å².